The molecule has 0 radical (unpaired) electrons. The SMILES string of the molecule is CCOC(=O)c1nc2c(-c3ccc(S(=O)(=O)NCCN)c(S(N)(=O)=O)c3-c3nn[nH]n3)cccc2o1. The van der Waals surface area contributed by atoms with E-state index in [1.807, 2.05) is 0 Å². The van der Waals surface area contributed by atoms with Crippen LogP contribution >= 0.6 is 0 Å². The molecule has 0 aliphatic rings. The number of sulfonamides is 2. The normalized spacial score (nSPS) is 12.2. The summed E-state index contributed by atoms with van der Waals surface area (Å²) in [6.07, 6.45) is 0. The summed E-state index contributed by atoms with van der Waals surface area (Å²) < 4.78 is 64.1. The van der Waals surface area contributed by atoms with E-state index < -0.39 is 35.8 Å². The minimum absolute atomic E-state index is 0.0311. The number of aromatic nitrogens is 5. The highest BCUT2D eigenvalue weighted by Crippen LogP contribution is 2.40. The molecule has 17 heteroatoms. The van der Waals surface area contributed by atoms with Crippen LogP contribution in [-0.4, -0.2) is 68.1 Å². The van der Waals surface area contributed by atoms with Crippen LogP contribution in [0.15, 0.2) is 44.5 Å². The van der Waals surface area contributed by atoms with Crippen molar-refractivity contribution in [2.75, 3.05) is 19.7 Å². The third-order valence-electron chi connectivity index (χ3n) is 4.86. The number of esters is 1. The lowest BCUT2D eigenvalue weighted by Gasteiger charge is -2.16. The Balaban J connectivity index is 2.07. The van der Waals surface area contributed by atoms with Gasteiger partial charge in [0.15, 0.2) is 5.58 Å². The summed E-state index contributed by atoms with van der Waals surface area (Å²) in [6.45, 7) is 1.53. The molecule has 4 aromatic rings. The number of nitrogens with two attached hydrogens (primary N) is 2. The Kier molecular flexibility index (Phi) is 6.83. The van der Waals surface area contributed by atoms with Gasteiger partial charge in [0.25, 0.3) is 0 Å². The summed E-state index contributed by atoms with van der Waals surface area (Å²) in [4.78, 5) is 15.0. The van der Waals surface area contributed by atoms with E-state index in [0.717, 1.165) is 6.07 Å². The maximum Gasteiger partial charge on any atom is 0.394 e. The van der Waals surface area contributed by atoms with Crippen LogP contribution in [0.3, 0.4) is 0 Å². The molecule has 2 aromatic heterocycles. The Labute approximate surface area is 204 Å². The van der Waals surface area contributed by atoms with Gasteiger partial charge in [0.05, 0.1) is 12.2 Å². The van der Waals surface area contributed by atoms with Crippen LogP contribution < -0.4 is 15.6 Å². The maximum absolute atomic E-state index is 13.0. The third kappa shape index (κ3) is 4.69. The molecule has 4 rings (SSSR count). The Hall–Kier alpha value is -3.77. The van der Waals surface area contributed by atoms with Crippen LogP contribution in [0.25, 0.3) is 33.6 Å². The second kappa shape index (κ2) is 9.70. The van der Waals surface area contributed by atoms with Crippen LogP contribution in [0.5, 0.6) is 0 Å². The van der Waals surface area contributed by atoms with Crippen molar-refractivity contribution in [1.82, 2.24) is 30.3 Å². The van der Waals surface area contributed by atoms with Gasteiger partial charge < -0.3 is 14.9 Å². The number of ether oxygens (including phenoxy) is 1. The van der Waals surface area contributed by atoms with Crippen molar-refractivity contribution in [2.45, 2.75) is 16.7 Å². The van der Waals surface area contributed by atoms with Gasteiger partial charge in [0.2, 0.25) is 25.9 Å². The molecule has 6 N–H and O–H groups in total. The first-order chi connectivity index (χ1) is 17.1. The number of benzene rings is 2. The van der Waals surface area contributed by atoms with E-state index in [4.69, 9.17) is 20.0 Å². The number of primary sulfonamides is 1. The molecular formula is C19H20N8O7S2. The fraction of sp³-hybridized carbons (Fsp3) is 0.211. The van der Waals surface area contributed by atoms with E-state index in [1.165, 1.54) is 6.07 Å². The van der Waals surface area contributed by atoms with Gasteiger partial charge in [-0.3, -0.25) is 0 Å². The molecule has 0 spiro atoms. The Morgan fingerprint density at radius 1 is 1.17 bits per heavy atom. The summed E-state index contributed by atoms with van der Waals surface area (Å²) in [7, 11) is -9.06. The van der Waals surface area contributed by atoms with Gasteiger partial charge in [-0.15, -0.1) is 10.2 Å². The molecule has 0 bridgehead atoms. The van der Waals surface area contributed by atoms with E-state index in [1.54, 1.807) is 25.1 Å². The summed E-state index contributed by atoms with van der Waals surface area (Å²) in [6, 6.07) is 7.08. The van der Waals surface area contributed by atoms with E-state index >= 15 is 0 Å². The summed E-state index contributed by atoms with van der Waals surface area (Å²) >= 11 is 0. The number of nitrogens with zero attached hydrogens (tertiary/aromatic N) is 4. The number of aromatic amines is 1. The molecule has 190 valence electrons. The Bertz CT molecular complexity index is 1650. The molecule has 0 aliphatic heterocycles. The molecule has 0 fully saturated rings. The first kappa shape index (κ1) is 25.3. The second-order valence-electron chi connectivity index (χ2n) is 7.17. The van der Waals surface area contributed by atoms with Crippen LogP contribution in [0, 0.1) is 0 Å². The van der Waals surface area contributed by atoms with Crippen molar-refractivity contribution in [3.8, 4) is 22.5 Å². The first-order valence-corrected chi connectivity index (χ1v) is 13.3. The summed E-state index contributed by atoms with van der Waals surface area (Å²) in [5, 5.41) is 18.9. The molecule has 0 saturated heterocycles. The van der Waals surface area contributed by atoms with E-state index in [9.17, 15) is 21.6 Å². The third-order valence-corrected chi connectivity index (χ3v) is 7.49. The quantitative estimate of drug-likeness (QED) is 0.202. The van der Waals surface area contributed by atoms with Gasteiger partial charge in [-0.2, -0.15) is 5.21 Å². The van der Waals surface area contributed by atoms with Crippen molar-refractivity contribution in [3.05, 3.63) is 36.2 Å². The fourth-order valence-electron chi connectivity index (χ4n) is 3.49. The monoisotopic (exact) mass is 536 g/mol. The van der Waals surface area contributed by atoms with E-state index in [-0.39, 0.29) is 59.2 Å². The average molecular weight is 537 g/mol. The molecule has 36 heavy (non-hydrogen) atoms. The zero-order valence-electron chi connectivity index (χ0n) is 18.6. The molecule has 2 heterocycles. The zero-order valence-corrected chi connectivity index (χ0v) is 20.3. The maximum atomic E-state index is 13.0. The summed E-state index contributed by atoms with van der Waals surface area (Å²) in [5.41, 5.74) is 5.90. The average Bonchev–Trinajstić information content (AvgIpc) is 3.51. The lowest BCUT2D eigenvalue weighted by atomic mass is 9.98. The second-order valence-corrected chi connectivity index (χ2v) is 10.4. The predicted octanol–water partition coefficient (Wildman–Crippen LogP) is -0.264. The van der Waals surface area contributed by atoms with Crippen LogP contribution in [0.4, 0.5) is 0 Å². The highest BCUT2D eigenvalue weighted by molar-refractivity contribution is 7.92. The van der Waals surface area contributed by atoms with Crippen LogP contribution in [-0.2, 0) is 24.8 Å². The van der Waals surface area contributed by atoms with E-state index in [2.05, 4.69) is 30.3 Å². The number of oxazole rings is 1. The number of para-hydroxylation sites is 1. The fourth-order valence-corrected chi connectivity index (χ4v) is 6.14. The number of carbonyl (C=O) groups is 1. The van der Waals surface area contributed by atoms with Crippen LogP contribution in [0.2, 0.25) is 0 Å². The number of H-pyrrole nitrogens is 1. The highest BCUT2D eigenvalue weighted by atomic mass is 32.2. The van der Waals surface area contributed by atoms with Gasteiger partial charge in [0, 0.05) is 18.7 Å². The predicted molar refractivity (Wildman–Crippen MR) is 124 cm³/mol. The van der Waals surface area contributed by atoms with Crippen molar-refractivity contribution in [1.29, 1.82) is 0 Å². The lowest BCUT2D eigenvalue weighted by molar-refractivity contribution is 0.0483. The minimum Gasteiger partial charge on any atom is -0.459 e. The smallest absolute Gasteiger partial charge is 0.394 e. The lowest BCUT2D eigenvalue weighted by Crippen LogP contribution is -2.31. The van der Waals surface area contributed by atoms with Gasteiger partial charge in [-0.1, -0.05) is 18.2 Å². The molecule has 0 unspecified atom stereocenters. The highest BCUT2D eigenvalue weighted by Gasteiger charge is 2.32. The number of fused-ring (bicyclic) bond motifs is 1. The first-order valence-electron chi connectivity index (χ1n) is 10.3. The van der Waals surface area contributed by atoms with Gasteiger partial charge >= 0.3 is 11.9 Å². The largest absolute Gasteiger partial charge is 0.459 e. The Morgan fingerprint density at radius 2 is 1.94 bits per heavy atom. The molecular weight excluding hydrogens is 516 g/mol. The number of tetrazole rings is 1. The van der Waals surface area contributed by atoms with E-state index in [0.29, 0.717) is 0 Å². The molecule has 0 atom stereocenters. The number of nitrogens with one attached hydrogen (secondary N) is 2. The molecule has 2 aromatic carbocycles. The van der Waals surface area contributed by atoms with Gasteiger partial charge in [-0.25, -0.2) is 36.5 Å². The summed E-state index contributed by atoms with van der Waals surface area (Å²) in [5.74, 6) is -1.37. The van der Waals surface area contributed by atoms with Crippen molar-refractivity contribution in [3.63, 3.8) is 0 Å². The van der Waals surface area contributed by atoms with Crippen molar-refractivity contribution in [2.24, 2.45) is 10.9 Å². The molecule has 0 amide bonds. The molecule has 0 saturated carbocycles. The van der Waals surface area contributed by atoms with Gasteiger partial charge in [0.1, 0.15) is 15.3 Å². The zero-order chi connectivity index (χ0) is 26.1. The number of hydrogen-bond acceptors (Lipinski definition) is 12. The standard InChI is InChI=1S/C19H20N8O7S2/c1-2-33-19(28)18-23-15-11(4-3-5-12(15)34-18)10-6-7-13(36(31,32)22-9-8-20)16(35(21,29)30)14(10)17-24-26-27-25-17/h3-7,22H,2,8-9,20H2,1H3,(H2,21,29,30)(H,24,25,26,27). The number of carbonyl (C=O) groups excluding carboxylic acids is 1. The van der Waals surface area contributed by atoms with Crippen molar-refractivity contribution < 1.29 is 30.8 Å². The number of hydrogen-bond donors (Lipinski definition) is 4. The minimum atomic E-state index is -4.69. The molecule has 0 aliphatic carbocycles. The molecule has 15 nitrogen and oxygen atoms in total. The number of rotatable bonds is 9. The van der Waals surface area contributed by atoms with Crippen LogP contribution in [0.1, 0.15) is 17.6 Å². The van der Waals surface area contributed by atoms with Gasteiger partial charge in [-0.05, 0) is 29.8 Å². The van der Waals surface area contributed by atoms with Crippen molar-refractivity contribution >= 4 is 37.1 Å². The topological polar surface area (TPSA) is 239 Å². The Morgan fingerprint density at radius 3 is 2.58 bits per heavy atom.